The maximum absolute atomic E-state index is 12.4. The van der Waals surface area contributed by atoms with Crippen LogP contribution in [0, 0.1) is 5.92 Å². The molecule has 2 saturated heterocycles. The van der Waals surface area contributed by atoms with Crippen molar-refractivity contribution in [1.29, 1.82) is 0 Å². The van der Waals surface area contributed by atoms with E-state index in [1.54, 1.807) is 11.3 Å². The lowest BCUT2D eigenvalue weighted by molar-refractivity contribution is 0.0909. The van der Waals surface area contributed by atoms with Crippen LogP contribution < -0.4 is 5.32 Å². The molecule has 2 bridgehead atoms. The van der Waals surface area contributed by atoms with Gasteiger partial charge in [-0.15, -0.1) is 11.3 Å². The maximum atomic E-state index is 12.4. The number of nitrogens with one attached hydrogen (secondary N) is 1. The Hall–Kier alpha value is -1.39. The molecule has 1 aromatic carbocycles. The fourth-order valence-electron chi connectivity index (χ4n) is 3.53. The minimum absolute atomic E-state index is 0.0767. The molecular weight excluding hydrogens is 268 g/mol. The van der Waals surface area contributed by atoms with Gasteiger partial charge in [0.25, 0.3) is 5.91 Å². The molecule has 2 aliphatic rings. The third-order valence-electron chi connectivity index (χ3n) is 4.52. The molecule has 0 spiro atoms. The number of carbonyl (C=O) groups excluding carboxylic acids is 1. The van der Waals surface area contributed by atoms with Crippen molar-refractivity contribution in [3.63, 3.8) is 0 Å². The Bertz CT molecular complexity index is 639. The average molecular weight is 286 g/mol. The highest BCUT2D eigenvalue weighted by molar-refractivity contribution is 7.17. The van der Waals surface area contributed by atoms with Gasteiger partial charge in [-0.2, -0.15) is 0 Å². The minimum atomic E-state index is 0.0767. The second-order valence-corrected chi connectivity index (χ2v) is 6.94. The monoisotopic (exact) mass is 286 g/mol. The summed E-state index contributed by atoms with van der Waals surface area (Å²) in [4.78, 5) is 14.9. The predicted octanol–water partition coefficient (Wildman–Crippen LogP) is 2.73. The van der Waals surface area contributed by atoms with E-state index in [-0.39, 0.29) is 5.91 Å². The second kappa shape index (κ2) is 4.86. The Morgan fingerprint density at radius 2 is 2.25 bits per heavy atom. The second-order valence-electron chi connectivity index (χ2n) is 5.99. The molecular formula is C16H18N2OS. The zero-order valence-corrected chi connectivity index (χ0v) is 12.2. The van der Waals surface area contributed by atoms with Crippen LogP contribution in [0.4, 0.5) is 0 Å². The molecule has 1 unspecified atom stereocenters. The SMILES string of the molecule is O=C(N[C@@H]1C[C@@H]2CCN(C2)C1)c1ccc2ccsc2c1. The first kappa shape index (κ1) is 12.4. The van der Waals surface area contributed by atoms with E-state index in [2.05, 4.69) is 21.7 Å². The standard InChI is InChI=1S/C16H18N2OS/c19-16(13-2-1-12-4-6-20-15(12)8-13)17-14-7-11-3-5-18(9-11)10-14/h1-2,4,6,8,11,14H,3,5,7,9-10H2,(H,17,19)/t11-,14+/m0/s1. The van der Waals surface area contributed by atoms with E-state index < -0.39 is 0 Å². The zero-order valence-electron chi connectivity index (χ0n) is 11.3. The van der Waals surface area contributed by atoms with Crippen molar-refractivity contribution in [2.45, 2.75) is 18.9 Å². The first-order valence-electron chi connectivity index (χ1n) is 7.28. The molecule has 1 amide bonds. The van der Waals surface area contributed by atoms with E-state index in [9.17, 15) is 4.79 Å². The number of carbonyl (C=O) groups is 1. The van der Waals surface area contributed by atoms with Crippen LogP contribution in [0.5, 0.6) is 0 Å². The summed E-state index contributed by atoms with van der Waals surface area (Å²) in [6.07, 6.45) is 2.44. The third kappa shape index (κ3) is 2.23. The number of fused-ring (bicyclic) bond motifs is 3. The number of piperidine rings is 1. The summed E-state index contributed by atoms with van der Waals surface area (Å²) in [6.45, 7) is 3.45. The third-order valence-corrected chi connectivity index (χ3v) is 5.40. The Labute approximate surface area is 122 Å². The van der Waals surface area contributed by atoms with Crippen molar-refractivity contribution in [1.82, 2.24) is 10.2 Å². The van der Waals surface area contributed by atoms with Crippen molar-refractivity contribution < 1.29 is 4.79 Å². The highest BCUT2D eigenvalue weighted by atomic mass is 32.1. The summed E-state index contributed by atoms with van der Waals surface area (Å²) in [5.74, 6) is 0.863. The molecule has 2 aromatic rings. The van der Waals surface area contributed by atoms with E-state index in [4.69, 9.17) is 0 Å². The molecule has 0 saturated carbocycles. The molecule has 1 aromatic heterocycles. The van der Waals surface area contributed by atoms with Crippen LogP contribution in [0.15, 0.2) is 29.6 Å². The topological polar surface area (TPSA) is 32.3 Å². The minimum Gasteiger partial charge on any atom is -0.348 e. The first-order valence-corrected chi connectivity index (χ1v) is 8.16. The van der Waals surface area contributed by atoms with Gasteiger partial charge in [-0.25, -0.2) is 0 Å². The van der Waals surface area contributed by atoms with Gasteiger partial charge in [-0.05, 0) is 54.3 Å². The summed E-state index contributed by atoms with van der Waals surface area (Å²) in [7, 11) is 0. The van der Waals surface area contributed by atoms with E-state index >= 15 is 0 Å². The molecule has 1 N–H and O–H groups in total. The van der Waals surface area contributed by atoms with Crippen molar-refractivity contribution in [3.8, 4) is 0 Å². The Morgan fingerprint density at radius 1 is 1.30 bits per heavy atom. The molecule has 4 rings (SSSR count). The average Bonchev–Trinajstić information content (AvgIpc) is 3.04. The van der Waals surface area contributed by atoms with E-state index in [0.717, 1.165) is 24.4 Å². The Balaban J connectivity index is 1.49. The van der Waals surface area contributed by atoms with Crippen molar-refractivity contribution in [2.24, 2.45) is 5.92 Å². The molecule has 0 aliphatic carbocycles. The summed E-state index contributed by atoms with van der Waals surface area (Å²) >= 11 is 1.69. The lowest BCUT2D eigenvalue weighted by atomic mass is 9.96. The Morgan fingerprint density at radius 3 is 3.15 bits per heavy atom. The number of nitrogens with zero attached hydrogens (tertiary/aromatic N) is 1. The van der Waals surface area contributed by atoms with Gasteiger partial charge in [0.05, 0.1) is 0 Å². The van der Waals surface area contributed by atoms with Crippen LogP contribution in [0.25, 0.3) is 10.1 Å². The first-order chi connectivity index (χ1) is 9.78. The molecule has 104 valence electrons. The number of benzene rings is 1. The van der Waals surface area contributed by atoms with Crippen molar-refractivity contribution in [3.05, 3.63) is 35.2 Å². The number of rotatable bonds is 2. The highest BCUT2D eigenvalue weighted by Crippen LogP contribution is 2.27. The molecule has 20 heavy (non-hydrogen) atoms. The van der Waals surface area contributed by atoms with Gasteiger partial charge in [0.15, 0.2) is 0 Å². The van der Waals surface area contributed by atoms with Crippen LogP contribution in [-0.2, 0) is 0 Å². The summed E-state index contributed by atoms with van der Waals surface area (Å²) in [5.41, 5.74) is 0.785. The van der Waals surface area contributed by atoms with Crippen molar-refractivity contribution in [2.75, 3.05) is 19.6 Å². The molecule has 4 heteroatoms. The smallest absolute Gasteiger partial charge is 0.251 e. The molecule has 3 heterocycles. The van der Waals surface area contributed by atoms with Crippen LogP contribution >= 0.6 is 11.3 Å². The van der Waals surface area contributed by atoms with Gasteiger partial charge in [-0.3, -0.25) is 4.79 Å². The molecule has 3 nitrogen and oxygen atoms in total. The molecule has 2 aliphatic heterocycles. The Kier molecular flexibility index (Phi) is 3.00. The molecule has 3 atom stereocenters. The normalized spacial score (nSPS) is 28.7. The predicted molar refractivity (Wildman–Crippen MR) is 82.2 cm³/mol. The summed E-state index contributed by atoms with van der Waals surface area (Å²) < 4.78 is 1.19. The van der Waals surface area contributed by atoms with Gasteiger partial charge in [0.1, 0.15) is 0 Å². The zero-order chi connectivity index (χ0) is 13.5. The van der Waals surface area contributed by atoms with E-state index in [1.165, 1.54) is 29.6 Å². The summed E-state index contributed by atoms with van der Waals surface area (Å²) in [6, 6.07) is 8.39. The highest BCUT2D eigenvalue weighted by Gasteiger charge is 2.32. The number of amides is 1. The molecule has 0 radical (unpaired) electrons. The number of hydrogen-bond donors (Lipinski definition) is 1. The fraction of sp³-hybridized carbons (Fsp3) is 0.438. The number of thiophene rings is 1. The van der Waals surface area contributed by atoms with Gasteiger partial charge in [0.2, 0.25) is 0 Å². The van der Waals surface area contributed by atoms with E-state index in [0.29, 0.717) is 6.04 Å². The van der Waals surface area contributed by atoms with Crippen LogP contribution in [0.2, 0.25) is 0 Å². The lowest BCUT2D eigenvalue weighted by Crippen LogP contribution is -2.46. The van der Waals surface area contributed by atoms with Gasteiger partial charge < -0.3 is 10.2 Å². The van der Waals surface area contributed by atoms with E-state index in [1.807, 2.05) is 18.2 Å². The fourth-order valence-corrected chi connectivity index (χ4v) is 4.36. The molecule has 2 fully saturated rings. The number of hydrogen-bond acceptors (Lipinski definition) is 3. The lowest BCUT2D eigenvalue weighted by Gasteiger charge is -2.30. The van der Waals surface area contributed by atoms with Crippen LogP contribution in [-0.4, -0.2) is 36.5 Å². The van der Waals surface area contributed by atoms with Gasteiger partial charge in [-0.1, -0.05) is 6.07 Å². The van der Waals surface area contributed by atoms with Gasteiger partial charge in [0, 0.05) is 29.4 Å². The van der Waals surface area contributed by atoms with Crippen LogP contribution in [0.3, 0.4) is 0 Å². The quantitative estimate of drug-likeness (QED) is 0.920. The van der Waals surface area contributed by atoms with Crippen molar-refractivity contribution >= 4 is 27.3 Å². The maximum Gasteiger partial charge on any atom is 0.251 e. The van der Waals surface area contributed by atoms with Crippen LogP contribution in [0.1, 0.15) is 23.2 Å². The largest absolute Gasteiger partial charge is 0.348 e. The van der Waals surface area contributed by atoms with Gasteiger partial charge >= 0.3 is 0 Å². The summed E-state index contributed by atoms with van der Waals surface area (Å²) in [5, 5.41) is 6.50.